The van der Waals surface area contributed by atoms with Crippen molar-refractivity contribution in [3.63, 3.8) is 0 Å². The maximum atomic E-state index is 13.2. The van der Waals surface area contributed by atoms with Crippen molar-refractivity contribution in [2.24, 2.45) is 0 Å². The van der Waals surface area contributed by atoms with Crippen LogP contribution in [0.5, 0.6) is 0 Å². The Morgan fingerprint density at radius 2 is 2.14 bits per heavy atom. The zero-order chi connectivity index (χ0) is 15.7. The molecule has 22 heavy (non-hydrogen) atoms. The molecule has 5 heteroatoms. The van der Waals surface area contributed by atoms with Crippen LogP contribution in [0.15, 0.2) is 36.4 Å². The van der Waals surface area contributed by atoms with Crippen LogP contribution in [0.1, 0.15) is 39.5 Å². The Kier molecular flexibility index (Phi) is 3.82. The summed E-state index contributed by atoms with van der Waals surface area (Å²) in [5, 5.41) is 12.2. The Hall–Kier alpha value is -2.38. The van der Waals surface area contributed by atoms with E-state index in [0.717, 1.165) is 24.0 Å². The van der Waals surface area contributed by atoms with Crippen molar-refractivity contribution in [2.45, 2.75) is 18.9 Å². The Morgan fingerprint density at radius 3 is 2.91 bits per heavy atom. The molecule has 3 rings (SSSR count). The van der Waals surface area contributed by atoms with E-state index in [9.17, 15) is 9.18 Å². The number of benzene rings is 2. The zero-order valence-electron chi connectivity index (χ0n) is 11.6. The largest absolute Gasteiger partial charge is 0.345 e. The van der Waals surface area contributed by atoms with E-state index in [4.69, 9.17) is 16.9 Å². The fourth-order valence-corrected chi connectivity index (χ4v) is 2.89. The number of hydrogen-bond acceptors (Lipinski definition) is 2. The molecule has 1 N–H and O–H groups in total. The van der Waals surface area contributed by atoms with Gasteiger partial charge in [0.1, 0.15) is 11.9 Å². The molecule has 3 nitrogen and oxygen atoms in total. The lowest BCUT2D eigenvalue weighted by Gasteiger charge is -2.14. The highest BCUT2D eigenvalue weighted by Crippen LogP contribution is 2.31. The van der Waals surface area contributed by atoms with Gasteiger partial charge in [-0.15, -0.1) is 0 Å². The van der Waals surface area contributed by atoms with Crippen LogP contribution >= 0.6 is 11.6 Å². The predicted octanol–water partition coefficient (Wildman–Crippen LogP) is 3.77. The fraction of sp³-hybridized carbons (Fsp3) is 0.176. The lowest BCUT2D eigenvalue weighted by molar-refractivity contribution is 0.0936. The number of nitriles is 1. The van der Waals surface area contributed by atoms with Gasteiger partial charge >= 0.3 is 0 Å². The second kappa shape index (κ2) is 5.78. The van der Waals surface area contributed by atoms with Crippen LogP contribution < -0.4 is 5.32 Å². The standard InChI is InChI=1S/C17H12ClFN2O/c18-15-5-1-11(7-12(15)9-20)17(22)21-16-6-2-10-8-13(19)3-4-14(10)16/h1,3-5,7-8,16H,2,6H2,(H,21,22). The first-order valence-electron chi connectivity index (χ1n) is 6.87. The van der Waals surface area contributed by atoms with Crippen molar-refractivity contribution in [1.82, 2.24) is 5.32 Å². The van der Waals surface area contributed by atoms with E-state index >= 15 is 0 Å². The SMILES string of the molecule is N#Cc1cc(C(=O)NC2CCc3cc(F)ccc32)ccc1Cl. The number of carbonyl (C=O) groups is 1. The smallest absolute Gasteiger partial charge is 0.251 e. The van der Waals surface area contributed by atoms with Gasteiger partial charge in [-0.25, -0.2) is 4.39 Å². The van der Waals surface area contributed by atoms with Crippen LogP contribution in [0, 0.1) is 17.1 Å². The van der Waals surface area contributed by atoms with Crippen LogP contribution in [0.4, 0.5) is 4.39 Å². The summed E-state index contributed by atoms with van der Waals surface area (Å²) in [6.45, 7) is 0. The molecule has 0 aliphatic heterocycles. The number of nitrogens with one attached hydrogen (secondary N) is 1. The van der Waals surface area contributed by atoms with E-state index in [1.807, 2.05) is 6.07 Å². The first kappa shape index (κ1) is 14.6. The second-order valence-corrected chi connectivity index (χ2v) is 5.62. The van der Waals surface area contributed by atoms with E-state index in [2.05, 4.69) is 5.32 Å². The molecule has 110 valence electrons. The van der Waals surface area contributed by atoms with Crippen molar-refractivity contribution in [3.8, 4) is 6.07 Å². The number of carbonyl (C=O) groups excluding carboxylic acids is 1. The third-order valence-electron chi connectivity index (χ3n) is 3.84. The maximum absolute atomic E-state index is 13.2. The highest BCUT2D eigenvalue weighted by molar-refractivity contribution is 6.31. The van der Waals surface area contributed by atoms with Crippen LogP contribution in [0.25, 0.3) is 0 Å². The zero-order valence-corrected chi connectivity index (χ0v) is 12.3. The molecule has 0 fully saturated rings. The molecule has 0 spiro atoms. The minimum Gasteiger partial charge on any atom is -0.345 e. The fourth-order valence-electron chi connectivity index (χ4n) is 2.73. The van der Waals surface area contributed by atoms with Gasteiger partial charge in [0.05, 0.1) is 16.6 Å². The number of rotatable bonds is 2. The average molecular weight is 315 g/mol. The molecule has 2 aromatic rings. The van der Waals surface area contributed by atoms with Gasteiger partial charge in [-0.1, -0.05) is 17.7 Å². The predicted molar refractivity (Wildman–Crippen MR) is 81.1 cm³/mol. The van der Waals surface area contributed by atoms with Crippen molar-refractivity contribution >= 4 is 17.5 Å². The molecular weight excluding hydrogens is 303 g/mol. The molecular formula is C17H12ClFN2O. The molecule has 1 unspecified atom stereocenters. The summed E-state index contributed by atoms with van der Waals surface area (Å²) in [6.07, 6.45) is 1.48. The number of fused-ring (bicyclic) bond motifs is 1. The maximum Gasteiger partial charge on any atom is 0.251 e. The van der Waals surface area contributed by atoms with Crippen LogP contribution in [-0.4, -0.2) is 5.91 Å². The number of halogens is 2. The van der Waals surface area contributed by atoms with Crippen molar-refractivity contribution in [1.29, 1.82) is 5.26 Å². The summed E-state index contributed by atoms with van der Waals surface area (Å²) in [5.74, 6) is -0.530. The normalized spacial score (nSPS) is 16.0. The summed E-state index contributed by atoms with van der Waals surface area (Å²) in [4.78, 5) is 12.3. The third kappa shape index (κ3) is 2.68. The van der Waals surface area contributed by atoms with Gasteiger partial charge in [0.25, 0.3) is 5.91 Å². The molecule has 1 atom stereocenters. The molecule has 0 aromatic heterocycles. The summed E-state index contributed by atoms with van der Waals surface area (Å²) in [6, 6.07) is 11.0. The minimum absolute atomic E-state index is 0.135. The first-order chi connectivity index (χ1) is 10.6. The van der Waals surface area contributed by atoms with Gasteiger partial charge < -0.3 is 5.32 Å². The lowest BCUT2D eigenvalue weighted by Crippen LogP contribution is -2.27. The van der Waals surface area contributed by atoms with Gasteiger partial charge in [-0.05, 0) is 54.3 Å². The minimum atomic E-state index is -0.268. The highest BCUT2D eigenvalue weighted by atomic mass is 35.5. The third-order valence-corrected chi connectivity index (χ3v) is 4.17. The van der Waals surface area contributed by atoms with E-state index in [1.165, 1.54) is 24.3 Å². The molecule has 0 saturated heterocycles. The molecule has 0 heterocycles. The Bertz CT molecular complexity index is 798. The van der Waals surface area contributed by atoms with Crippen molar-refractivity contribution in [3.05, 3.63) is 69.5 Å². The van der Waals surface area contributed by atoms with E-state index < -0.39 is 0 Å². The average Bonchev–Trinajstić information content (AvgIpc) is 2.89. The van der Waals surface area contributed by atoms with Gasteiger partial charge in [0.15, 0.2) is 0 Å². The van der Waals surface area contributed by atoms with Gasteiger partial charge in [0.2, 0.25) is 0 Å². The molecule has 1 aliphatic carbocycles. The summed E-state index contributed by atoms with van der Waals surface area (Å²) >= 11 is 5.86. The molecule has 0 radical (unpaired) electrons. The Labute approximate surface area is 132 Å². The molecule has 1 amide bonds. The number of hydrogen-bond donors (Lipinski definition) is 1. The summed E-state index contributed by atoms with van der Waals surface area (Å²) < 4.78 is 13.2. The van der Waals surface area contributed by atoms with Gasteiger partial charge in [0, 0.05) is 5.56 Å². The summed E-state index contributed by atoms with van der Waals surface area (Å²) in [5.41, 5.74) is 2.53. The van der Waals surface area contributed by atoms with Crippen LogP contribution in [-0.2, 0) is 6.42 Å². The number of amides is 1. The van der Waals surface area contributed by atoms with E-state index in [1.54, 1.807) is 12.1 Å². The summed E-state index contributed by atoms with van der Waals surface area (Å²) in [7, 11) is 0. The topological polar surface area (TPSA) is 52.9 Å². The Morgan fingerprint density at radius 1 is 1.32 bits per heavy atom. The number of aryl methyl sites for hydroxylation is 1. The first-order valence-corrected chi connectivity index (χ1v) is 7.25. The van der Waals surface area contributed by atoms with Crippen LogP contribution in [0.3, 0.4) is 0 Å². The van der Waals surface area contributed by atoms with Crippen molar-refractivity contribution < 1.29 is 9.18 Å². The van der Waals surface area contributed by atoms with Crippen molar-refractivity contribution in [2.75, 3.05) is 0 Å². The van der Waals surface area contributed by atoms with E-state index in [-0.39, 0.29) is 23.3 Å². The van der Waals surface area contributed by atoms with Gasteiger partial charge in [-0.2, -0.15) is 5.26 Å². The molecule has 1 aliphatic rings. The monoisotopic (exact) mass is 314 g/mol. The van der Waals surface area contributed by atoms with Gasteiger partial charge in [-0.3, -0.25) is 4.79 Å². The highest BCUT2D eigenvalue weighted by Gasteiger charge is 2.24. The van der Waals surface area contributed by atoms with Crippen LogP contribution in [0.2, 0.25) is 5.02 Å². The second-order valence-electron chi connectivity index (χ2n) is 5.21. The molecule has 2 aromatic carbocycles. The Balaban J connectivity index is 1.81. The quantitative estimate of drug-likeness (QED) is 0.917. The molecule has 0 bridgehead atoms. The molecule has 0 saturated carbocycles. The number of nitrogens with zero attached hydrogens (tertiary/aromatic N) is 1. The lowest BCUT2D eigenvalue weighted by atomic mass is 10.1. The van der Waals surface area contributed by atoms with E-state index in [0.29, 0.717) is 10.6 Å².